The van der Waals surface area contributed by atoms with Crippen LogP contribution in [0, 0.1) is 6.92 Å². The maximum absolute atomic E-state index is 12.0. The van der Waals surface area contributed by atoms with Crippen LogP contribution in [0.4, 0.5) is 16.0 Å². The van der Waals surface area contributed by atoms with Gasteiger partial charge in [0.05, 0.1) is 22.8 Å². The zero-order chi connectivity index (χ0) is 21.0. The van der Waals surface area contributed by atoms with Gasteiger partial charge in [-0.15, -0.1) is 11.3 Å². The second-order valence-electron chi connectivity index (χ2n) is 6.10. The molecular weight excluding hydrogens is 410 g/mol. The molecule has 2 heterocycles. The van der Waals surface area contributed by atoms with E-state index < -0.39 is 0 Å². The molecule has 0 aliphatic heterocycles. The van der Waals surface area contributed by atoms with Crippen LogP contribution in [0.15, 0.2) is 42.0 Å². The van der Waals surface area contributed by atoms with Crippen molar-refractivity contribution in [2.75, 3.05) is 17.2 Å². The van der Waals surface area contributed by atoms with E-state index >= 15 is 0 Å². The Morgan fingerprint density at radius 2 is 1.90 bits per heavy atom. The van der Waals surface area contributed by atoms with Crippen LogP contribution in [0.3, 0.4) is 0 Å². The highest BCUT2D eigenvalue weighted by molar-refractivity contribution is 7.20. The van der Waals surface area contributed by atoms with Crippen molar-refractivity contribution in [2.24, 2.45) is 0 Å². The standard InChI is InChI=1S/C19H19N5O3S2/c1-10(25)8-20-17(27)13-4-6-14(7-5-13)23-18-24-15(9-28-18)16-11(2)21-19(29-16)22-12(3)26/h4-7,9,25H,1,8H2,2-3H3,(H,20,27)(H,23,24)(H,21,22,26). The van der Waals surface area contributed by atoms with Crippen LogP contribution in [0.5, 0.6) is 0 Å². The van der Waals surface area contributed by atoms with E-state index in [4.69, 9.17) is 5.11 Å². The highest BCUT2D eigenvalue weighted by atomic mass is 32.1. The summed E-state index contributed by atoms with van der Waals surface area (Å²) in [5, 5.41) is 20.7. The molecule has 1 aromatic carbocycles. The zero-order valence-corrected chi connectivity index (χ0v) is 17.4. The molecule has 29 heavy (non-hydrogen) atoms. The fourth-order valence-corrected chi connectivity index (χ4v) is 4.16. The van der Waals surface area contributed by atoms with Gasteiger partial charge in [-0.2, -0.15) is 0 Å². The molecular formula is C19H19N5O3S2. The number of carbonyl (C=O) groups excluding carboxylic acids is 2. The molecule has 0 aliphatic rings. The van der Waals surface area contributed by atoms with E-state index in [1.54, 1.807) is 24.3 Å². The van der Waals surface area contributed by atoms with Gasteiger partial charge in [0.1, 0.15) is 5.76 Å². The van der Waals surface area contributed by atoms with Gasteiger partial charge in [-0.25, -0.2) is 9.97 Å². The quantitative estimate of drug-likeness (QED) is 0.421. The van der Waals surface area contributed by atoms with Gasteiger partial charge in [0.15, 0.2) is 10.3 Å². The van der Waals surface area contributed by atoms with E-state index in [0.29, 0.717) is 15.8 Å². The van der Waals surface area contributed by atoms with Crippen molar-refractivity contribution in [3.63, 3.8) is 0 Å². The van der Waals surface area contributed by atoms with Crippen LogP contribution in [-0.4, -0.2) is 33.4 Å². The molecule has 3 aromatic rings. The summed E-state index contributed by atoms with van der Waals surface area (Å²) in [7, 11) is 0. The molecule has 0 spiro atoms. The summed E-state index contributed by atoms with van der Waals surface area (Å²) in [6.45, 7) is 6.66. The first-order valence-corrected chi connectivity index (χ1v) is 10.2. The van der Waals surface area contributed by atoms with Crippen LogP contribution in [-0.2, 0) is 4.79 Å². The predicted molar refractivity (Wildman–Crippen MR) is 116 cm³/mol. The maximum atomic E-state index is 12.0. The normalized spacial score (nSPS) is 10.4. The van der Waals surface area contributed by atoms with Gasteiger partial charge in [0, 0.05) is 23.6 Å². The summed E-state index contributed by atoms with van der Waals surface area (Å²) in [6.07, 6.45) is 0. The Morgan fingerprint density at radius 3 is 2.55 bits per heavy atom. The first kappa shape index (κ1) is 20.5. The van der Waals surface area contributed by atoms with Crippen molar-refractivity contribution < 1.29 is 14.7 Å². The molecule has 4 N–H and O–H groups in total. The van der Waals surface area contributed by atoms with Crippen LogP contribution in [0.2, 0.25) is 0 Å². The number of nitrogens with one attached hydrogen (secondary N) is 3. The van der Waals surface area contributed by atoms with Crippen molar-refractivity contribution in [1.82, 2.24) is 15.3 Å². The van der Waals surface area contributed by atoms with E-state index in [2.05, 4.69) is 32.5 Å². The lowest BCUT2D eigenvalue weighted by Crippen LogP contribution is -2.25. The number of hydrogen-bond donors (Lipinski definition) is 4. The molecule has 0 aliphatic carbocycles. The van der Waals surface area contributed by atoms with Crippen LogP contribution < -0.4 is 16.0 Å². The minimum Gasteiger partial charge on any atom is -0.511 e. The Hall–Kier alpha value is -3.24. The Labute approximate surface area is 175 Å². The highest BCUT2D eigenvalue weighted by Crippen LogP contribution is 2.35. The summed E-state index contributed by atoms with van der Waals surface area (Å²) < 4.78 is 0. The van der Waals surface area contributed by atoms with E-state index in [9.17, 15) is 9.59 Å². The number of aromatic nitrogens is 2. The first-order valence-electron chi connectivity index (χ1n) is 8.55. The lowest BCUT2D eigenvalue weighted by Gasteiger charge is -2.06. The van der Waals surface area contributed by atoms with Gasteiger partial charge in [0.25, 0.3) is 5.91 Å². The van der Waals surface area contributed by atoms with Crippen molar-refractivity contribution >= 4 is 50.4 Å². The largest absolute Gasteiger partial charge is 0.511 e. The van der Waals surface area contributed by atoms with Crippen LogP contribution >= 0.6 is 22.7 Å². The number of aliphatic hydroxyl groups excluding tert-OH is 1. The van der Waals surface area contributed by atoms with Crippen LogP contribution in [0.1, 0.15) is 23.0 Å². The zero-order valence-electron chi connectivity index (χ0n) is 15.8. The number of nitrogens with zero attached hydrogens (tertiary/aromatic N) is 2. The number of hydrogen-bond acceptors (Lipinski definition) is 8. The SMILES string of the molecule is C=C(O)CNC(=O)c1ccc(Nc2nc(-c3sc(NC(C)=O)nc3C)cs2)cc1. The Kier molecular flexibility index (Phi) is 6.25. The van der Waals surface area contributed by atoms with Gasteiger partial charge in [0.2, 0.25) is 5.91 Å². The molecule has 0 atom stereocenters. The third kappa shape index (κ3) is 5.39. The Bertz CT molecular complexity index is 1060. The smallest absolute Gasteiger partial charge is 0.251 e. The second-order valence-corrected chi connectivity index (χ2v) is 7.96. The predicted octanol–water partition coefficient (Wildman–Crippen LogP) is 4.08. The minimum absolute atomic E-state index is 0.0152. The number of carbonyl (C=O) groups is 2. The molecule has 0 saturated carbocycles. The molecule has 0 fully saturated rings. The highest BCUT2D eigenvalue weighted by Gasteiger charge is 2.14. The van der Waals surface area contributed by atoms with Crippen molar-refractivity contribution in [3.05, 3.63) is 53.2 Å². The van der Waals surface area contributed by atoms with E-state index in [1.807, 2.05) is 12.3 Å². The van der Waals surface area contributed by atoms with Gasteiger partial charge in [-0.3, -0.25) is 9.59 Å². The molecule has 0 saturated heterocycles. The van der Waals surface area contributed by atoms with E-state index in [-0.39, 0.29) is 24.1 Å². The van der Waals surface area contributed by atoms with Crippen molar-refractivity contribution in [1.29, 1.82) is 0 Å². The number of rotatable bonds is 7. The number of thiazole rings is 2. The monoisotopic (exact) mass is 429 g/mol. The lowest BCUT2D eigenvalue weighted by molar-refractivity contribution is -0.114. The number of aryl methyl sites for hydroxylation is 1. The average Bonchev–Trinajstić information content (AvgIpc) is 3.26. The van der Waals surface area contributed by atoms with E-state index in [1.165, 1.54) is 29.6 Å². The average molecular weight is 430 g/mol. The Morgan fingerprint density at radius 1 is 1.17 bits per heavy atom. The molecule has 150 valence electrons. The second kappa shape index (κ2) is 8.84. The maximum Gasteiger partial charge on any atom is 0.251 e. The number of benzene rings is 1. The van der Waals surface area contributed by atoms with Gasteiger partial charge in [-0.1, -0.05) is 17.9 Å². The Balaban J connectivity index is 1.67. The van der Waals surface area contributed by atoms with Gasteiger partial charge < -0.3 is 21.1 Å². The number of anilines is 3. The fraction of sp³-hybridized carbons (Fsp3) is 0.158. The number of aliphatic hydroxyl groups is 1. The van der Waals surface area contributed by atoms with Gasteiger partial charge in [-0.05, 0) is 31.2 Å². The molecule has 2 amide bonds. The van der Waals surface area contributed by atoms with Crippen molar-refractivity contribution in [2.45, 2.75) is 13.8 Å². The summed E-state index contributed by atoms with van der Waals surface area (Å²) in [4.78, 5) is 33.0. The molecule has 0 radical (unpaired) electrons. The molecule has 8 nitrogen and oxygen atoms in total. The summed E-state index contributed by atoms with van der Waals surface area (Å²) in [5.74, 6) is -0.556. The summed E-state index contributed by atoms with van der Waals surface area (Å²) >= 11 is 2.82. The summed E-state index contributed by atoms with van der Waals surface area (Å²) in [6, 6.07) is 6.91. The fourth-order valence-electron chi connectivity index (χ4n) is 2.39. The van der Waals surface area contributed by atoms with Gasteiger partial charge >= 0.3 is 0 Å². The first-order chi connectivity index (χ1) is 13.8. The number of amides is 2. The minimum atomic E-state index is -0.293. The van der Waals surface area contributed by atoms with Crippen LogP contribution in [0.25, 0.3) is 10.6 Å². The molecule has 0 unspecified atom stereocenters. The molecule has 0 bridgehead atoms. The summed E-state index contributed by atoms with van der Waals surface area (Å²) in [5.41, 5.74) is 2.84. The molecule has 3 rings (SSSR count). The molecule has 2 aromatic heterocycles. The topological polar surface area (TPSA) is 116 Å². The van der Waals surface area contributed by atoms with Crippen molar-refractivity contribution in [3.8, 4) is 10.6 Å². The lowest BCUT2D eigenvalue weighted by atomic mass is 10.2. The third-order valence-electron chi connectivity index (χ3n) is 3.67. The molecule has 10 heteroatoms. The third-order valence-corrected chi connectivity index (χ3v) is 5.52. The van der Waals surface area contributed by atoms with E-state index in [0.717, 1.165) is 22.0 Å².